The van der Waals surface area contributed by atoms with Crippen LogP contribution in [0.4, 0.5) is 0 Å². The fourth-order valence-corrected chi connectivity index (χ4v) is 1.86. The minimum absolute atomic E-state index is 0.129. The highest BCUT2D eigenvalue weighted by molar-refractivity contribution is 5.76. The van der Waals surface area contributed by atoms with Crippen LogP contribution in [0.2, 0.25) is 0 Å². The van der Waals surface area contributed by atoms with Crippen LogP contribution in [0.15, 0.2) is 0 Å². The van der Waals surface area contributed by atoms with Crippen molar-refractivity contribution in [2.75, 3.05) is 20.3 Å². The summed E-state index contributed by atoms with van der Waals surface area (Å²) in [4.78, 5) is 11.6. The van der Waals surface area contributed by atoms with Gasteiger partial charge in [-0.05, 0) is 6.42 Å². The van der Waals surface area contributed by atoms with Gasteiger partial charge in [-0.15, -0.1) is 0 Å². The third-order valence-electron chi connectivity index (χ3n) is 2.95. The van der Waals surface area contributed by atoms with E-state index < -0.39 is 0 Å². The summed E-state index contributed by atoms with van der Waals surface area (Å²) in [5, 5.41) is 3.11. The molecule has 4 nitrogen and oxygen atoms in total. The van der Waals surface area contributed by atoms with Crippen molar-refractivity contribution in [1.29, 1.82) is 0 Å². The molecule has 1 saturated heterocycles. The summed E-state index contributed by atoms with van der Waals surface area (Å²) in [5.74, 6) is -0.129. The second-order valence-corrected chi connectivity index (χ2v) is 4.28. The van der Waals surface area contributed by atoms with E-state index in [1.807, 2.05) is 0 Å². The van der Waals surface area contributed by atoms with Crippen LogP contribution in [0.25, 0.3) is 0 Å². The van der Waals surface area contributed by atoms with E-state index in [-0.39, 0.29) is 18.1 Å². The van der Waals surface area contributed by atoms with Crippen LogP contribution >= 0.6 is 0 Å². The average molecular weight is 229 g/mol. The molecular weight excluding hydrogens is 206 g/mol. The summed E-state index contributed by atoms with van der Waals surface area (Å²) in [7, 11) is 1.67. The molecule has 0 aromatic rings. The lowest BCUT2D eigenvalue weighted by molar-refractivity contribution is -0.146. The topological polar surface area (TPSA) is 47.6 Å². The van der Waals surface area contributed by atoms with Gasteiger partial charge in [-0.2, -0.15) is 0 Å². The molecule has 0 aromatic heterocycles. The second kappa shape index (κ2) is 7.63. The van der Waals surface area contributed by atoms with Gasteiger partial charge < -0.3 is 14.8 Å². The first-order chi connectivity index (χ1) is 7.77. The Kier molecular flexibility index (Phi) is 6.42. The number of nitrogens with one attached hydrogen (secondary N) is 1. The van der Waals surface area contributed by atoms with Gasteiger partial charge in [0.1, 0.15) is 6.04 Å². The van der Waals surface area contributed by atoms with Gasteiger partial charge in [0.15, 0.2) is 0 Å². The highest BCUT2D eigenvalue weighted by Gasteiger charge is 2.30. The zero-order chi connectivity index (χ0) is 11.8. The van der Waals surface area contributed by atoms with Crippen molar-refractivity contribution < 1.29 is 14.3 Å². The Morgan fingerprint density at radius 3 is 2.81 bits per heavy atom. The Labute approximate surface area is 97.7 Å². The number of unbranched alkanes of at least 4 members (excludes halogenated alkanes) is 3. The van der Waals surface area contributed by atoms with E-state index in [4.69, 9.17) is 9.47 Å². The molecule has 1 heterocycles. The van der Waals surface area contributed by atoms with Gasteiger partial charge in [-0.1, -0.05) is 26.2 Å². The molecule has 1 rings (SSSR count). The van der Waals surface area contributed by atoms with E-state index in [0.717, 1.165) is 25.8 Å². The normalized spacial score (nSPS) is 24.6. The van der Waals surface area contributed by atoms with Crippen molar-refractivity contribution in [2.24, 2.45) is 0 Å². The second-order valence-electron chi connectivity index (χ2n) is 4.28. The van der Waals surface area contributed by atoms with Crippen molar-refractivity contribution in [3.05, 3.63) is 0 Å². The molecule has 1 aliphatic rings. The summed E-state index contributed by atoms with van der Waals surface area (Å²) in [6.07, 6.45) is 5.41. The molecule has 0 aromatic carbocycles. The molecule has 94 valence electrons. The van der Waals surface area contributed by atoms with Crippen molar-refractivity contribution in [1.82, 2.24) is 5.32 Å². The van der Waals surface area contributed by atoms with E-state index in [0.29, 0.717) is 6.61 Å². The third-order valence-corrected chi connectivity index (χ3v) is 2.95. The number of carbonyl (C=O) groups is 1. The van der Waals surface area contributed by atoms with Gasteiger partial charge >= 0.3 is 5.97 Å². The van der Waals surface area contributed by atoms with E-state index in [2.05, 4.69) is 12.2 Å². The predicted octanol–water partition coefficient (Wildman–Crippen LogP) is 1.49. The summed E-state index contributed by atoms with van der Waals surface area (Å²) >= 11 is 0. The number of hydrogen-bond donors (Lipinski definition) is 1. The Morgan fingerprint density at radius 2 is 2.19 bits per heavy atom. The zero-order valence-electron chi connectivity index (χ0n) is 10.3. The van der Waals surface area contributed by atoms with E-state index in [9.17, 15) is 4.79 Å². The fraction of sp³-hybridized carbons (Fsp3) is 0.917. The molecule has 0 aliphatic carbocycles. The number of esters is 1. The first kappa shape index (κ1) is 13.5. The van der Waals surface area contributed by atoms with Crippen LogP contribution in [-0.4, -0.2) is 38.4 Å². The highest BCUT2D eigenvalue weighted by Crippen LogP contribution is 2.11. The van der Waals surface area contributed by atoms with Gasteiger partial charge in [-0.3, -0.25) is 4.79 Å². The molecule has 2 atom stereocenters. The molecule has 0 radical (unpaired) electrons. The minimum Gasteiger partial charge on any atom is -0.465 e. The van der Waals surface area contributed by atoms with Crippen LogP contribution in [-0.2, 0) is 14.3 Å². The molecule has 0 amide bonds. The standard InChI is InChI=1S/C12H23NO3/c1-3-4-5-6-7-16-12(14)11-8-10(15-2)9-13-11/h10-11,13H,3-9H2,1-2H3. The van der Waals surface area contributed by atoms with Crippen LogP contribution in [0.5, 0.6) is 0 Å². The van der Waals surface area contributed by atoms with E-state index >= 15 is 0 Å². The van der Waals surface area contributed by atoms with Crippen molar-refractivity contribution in [3.8, 4) is 0 Å². The Hall–Kier alpha value is -0.610. The number of hydrogen-bond acceptors (Lipinski definition) is 4. The molecule has 1 fully saturated rings. The quantitative estimate of drug-likeness (QED) is 0.531. The van der Waals surface area contributed by atoms with Crippen molar-refractivity contribution in [2.45, 2.75) is 51.2 Å². The first-order valence-electron chi connectivity index (χ1n) is 6.20. The van der Waals surface area contributed by atoms with Crippen molar-refractivity contribution >= 4 is 5.97 Å². The Balaban J connectivity index is 2.06. The maximum atomic E-state index is 11.6. The van der Waals surface area contributed by atoms with Gasteiger partial charge in [-0.25, -0.2) is 0 Å². The molecule has 0 saturated carbocycles. The fourth-order valence-electron chi connectivity index (χ4n) is 1.86. The maximum Gasteiger partial charge on any atom is 0.323 e. The average Bonchev–Trinajstić information content (AvgIpc) is 2.77. The third kappa shape index (κ3) is 4.49. The molecule has 2 unspecified atom stereocenters. The van der Waals surface area contributed by atoms with Crippen LogP contribution < -0.4 is 5.32 Å². The van der Waals surface area contributed by atoms with Crippen LogP contribution in [0.1, 0.15) is 39.0 Å². The number of rotatable bonds is 7. The monoisotopic (exact) mass is 229 g/mol. The summed E-state index contributed by atoms with van der Waals surface area (Å²) in [6, 6.07) is -0.170. The smallest absolute Gasteiger partial charge is 0.323 e. The molecule has 4 heteroatoms. The minimum atomic E-state index is -0.170. The highest BCUT2D eigenvalue weighted by atomic mass is 16.5. The van der Waals surface area contributed by atoms with Gasteiger partial charge in [0, 0.05) is 20.1 Å². The maximum absolute atomic E-state index is 11.6. The predicted molar refractivity (Wildman–Crippen MR) is 62.3 cm³/mol. The Bertz CT molecular complexity index is 208. The summed E-state index contributed by atoms with van der Waals surface area (Å²) in [5.41, 5.74) is 0. The lowest BCUT2D eigenvalue weighted by atomic mass is 10.2. The zero-order valence-corrected chi connectivity index (χ0v) is 10.3. The summed E-state index contributed by atoms with van der Waals surface area (Å²) < 4.78 is 10.4. The number of methoxy groups -OCH3 is 1. The summed E-state index contributed by atoms with van der Waals surface area (Å²) in [6.45, 7) is 3.46. The van der Waals surface area contributed by atoms with Crippen LogP contribution in [0, 0.1) is 0 Å². The molecule has 0 spiro atoms. The van der Waals surface area contributed by atoms with Gasteiger partial charge in [0.25, 0.3) is 0 Å². The molecular formula is C12H23NO3. The SMILES string of the molecule is CCCCCCOC(=O)C1CC(OC)CN1. The molecule has 1 aliphatic heterocycles. The largest absolute Gasteiger partial charge is 0.465 e. The molecule has 0 bridgehead atoms. The molecule has 1 N–H and O–H groups in total. The number of carbonyl (C=O) groups excluding carboxylic acids is 1. The molecule has 16 heavy (non-hydrogen) atoms. The lowest BCUT2D eigenvalue weighted by Gasteiger charge is -2.10. The number of ether oxygens (including phenoxy) is 2. The van der Waals surface area contributed by atoms with Crippen molar-refractivity contribution in [3.63, 3.8) is 0 Å². The van der Waals surface area contributed by atoms with Gasteiger partial charge in [0.05, 0.1) is 12.7 Å². The van der Waals surface area contributed by atoms with Gasteiger partial charge in [0.2, 0.25) is 0 Å². The van der Waals surface area contributed by atoms with E-state index in [1.165, 1.54) is 12.8 Å². The Morgan fingerprint density at radius 1 is 1.38 bits per heavy atom. The lowest BCUT2D eigenvalue weighted by Crippen LogP contribution is -2.32. The van der Waals surface area contributed by atoms with E-state index in [1.54, 1.807) is 7.11 Å². The first-order valence-corrected chi connectivity index (χ1v) is 6.20. The van der Waals surface area contributed by atoms with Crippen LogP contribution in [0.3, 0.4) is 0 Å².